The first-order valence-corrected chi connectivity index (χ1v) is 5.61. The molecule has 0 saturated heterocycles. The first-order valence-electron chi connectivity index (χ1n) is 5.23. The average molecular weight is 236 g/mol. The van der Waals surface area contributed by atoms with Gasteiger partial charge in [-0.1, -0.05) is 29.8 Å². The van der Waals surface area contributed by atoms with Crippen LogP contribution in [-0.2, 0) is 6.54 Å². The third-order valence-electron chi connectivity index (χ3n) is 2.53. The molecular weight excluding hydrogens is 222 g/mol. The molecule has 1 aromatic heterocycles. The lowest BCUT2D eigenvalue weighted by molar-refractivity contribution is 0.567. The van der Waals surface area contributed by atoms with Crippen LogP contribution in [-0.4, -0.2) is 10.2 Å². The molecule has 1 aromatic carbocycles. The number of hydrogen-bond acceptors (Lipinski definition) is 2. The van der Waals surface area contributed by atoms with Crippen molar-refractivity contribution >= 4 is 11.6 Å². The van der Waals surface area contributed by atoms with Gasteiger partial charge in [-0.25, -0.2) is 0 Å². The molecule has 0 aliphatic rings. The minimum atomic E-state index is 0.219. The maximum atomic E-state index is 6.12. The van der Waals surface area contributed by atoms with Crippen molar-refractivity contribution in [3.05, 3.63) is 52.8 Å². The summed E-state index contributed by atoms with van der Waals surface area (Å²) in [7, 11) is 0. The third-order valence-corrected chi connectivity index (χ3v) is 2.87. The summed E-state index contributed by atoms with van der Waals surface area (Å²) in [5, 5.41) is 11.0. The first-order chi connectivity index (χ1) is 7.77. The molecule has 2 N–H and O–H groups in total. The molecule has 0 amide bonds. The monoisotopic (exact) mass is 235 g/mol. The molecule has 1 heterocycles. The summed E-state index contributed by atoms with van der Waals surface area (Å²) >= 11 is 6.12. The summed E-state index contributed by atoms with van der Waals surface area (Å²) in [6.45, 7) is 2.85. The standard InChI is InChI=1S/C12H14ClN3/c1-9(11-4-2-3-5-12(11)13)14-8-10-6-7-15-16-10/h2-7,9,14H,8H2,1H3,(H,15,16)/t9-/m0/s1. The van der Waals surface area contributed by atoms with Crippen LogP contribution in [0.15, 0.2) is 36.5 Å². The fraction of sp³-hybridized carbons (Fsp3) is 0.250. The molecule has 0 radical (unpaired) electrons. The van der Waals surface area contributed by atoms with E-state index in [2.05, 4.69) is 22.4 Å². The average Bonchev–Trinajstić information content (AvgIpc) is 2.79. The van der Waals surface area contributed by atoms with E-state index in [0.29, 0.717) is 0 Å². The molecule has 16 heavy (non-hydrogen) atoms. The molecule has 0 fully saturated rings. The number of aromatic nitrogens is 2. The first kappa shape index (κ1) is 11.2. The van der Waals surface area contributed by atoms with Gasteiger partial charge >= 0.3 is 0 Å². The van der Waals surface area contributed by atoms with Crippen LogP contribution in [0.3, 0.4) is 0 Å². The lowest BCUT2D eigenvalue weighted by atomic mass is 10.1. The number of benzene rings is 1. The van der Waals surface area contributed by atoms with Crippen molar-refractivity contribution in [2.24, 2.45) is 0 Å². The Labute approximate surface area is 99.8 Å². The predicted octanol–water partition coefficient (Wildman–Crippen LogP) is 2.91. The topological polar surface area (TPSA) is 40.7 Å². The highest BCUT2D eigenvalue weighted by Gasteiger charge is 2.08. The second kappa shape index (κ2) is 5.14. The normalized spacial score (nSPS) is 12.6. The van der Waals surface area contributed by atoms with Gasteiger partial charge in [0.2, 0.25) is 0 Å². The largest absolute Gasteiger partial charge is 0.305 e. The quantitative estimate of drug-likeness (QED) is 0.856. The molecule has 3 nitrogen and oxygen atoms in total. The smallest absolute Gasteiger partial charge is 0.0490 e. The molecule has 2 rings (SSSR count). The zero-order chi connectivity index (χ0) is 11.4. The number of nitrogens with one attached hydrogen (secondary N) is 2. The van der Waals surface area contributed by atoms with Crippen LogP contribution in [0.25, 0.3) is 0 Å². The van der Waals surface area contributed by atoms with Crippen molar-refractivity contribution in [1.29, 1.82) is 0 Å². The van der Waals surface area contributed by atoms with Crippen LogP contribution in [0.1, 0.15) is 24.2 Å². The molecule has 0 unspecified atom stereocenters. The van der Waals surface area contributed by atoms with Gasteiger partial charge in [0.15, 0.2) is 0 Å². The highest BCUT2D eigenvalue weighted by atomic mass is 35.5. The van der Waals surface area contributed by atoms with Crippen LogP contribution in [0.4, 0.5) is 0 Å². The van der Waals surface area contributed by atoms with Gasteiger partial charge in [0, 0.05) is 29.5 Å². The fourth-order valence-electron chi connectivity index (χ4n) is 1.58. The summed E-state index contributed by atoms with van der Waals surface area (Å²) in [6.07, 6.45) is 1.75. The second-order valence-electron chi connectivity index (χ2n) is 3.71. The Hall–Kier alpha value is -1.32. The molecular formula is C12H14ClN3. The molecule has 0 aliphatic carbocycles. The van der Waals surface area contributed by atoms with Crippen molar-refractivity contribution in [3.8, 4) is 0 Å². The van der Waals surface area contributed by atoms with Crippen molar-refractivity contribution < 1.29 is 0 Å². The summed E-state index contributed by atoms with van der Waals surface area (Å²) in [5.41, 5.74) is 2.18. The zero-order valence-corrected chi connectivity index (χ0v) is 9.83. The Bertz CT molecular complexity index is 439. The van der Waals surface area contributed by atoms with E-state index in [9.17, 15) is 0 Å². The maximum Gasteiger partial charge on any atom is 0.0490 e. The summed E-state index contributed by atoms with van der Waals surface area (Å²) in [6, 6.07) is 10.0. The highest BCUT2D eigenvalue weighted by Crippen LogP contribution is 2.22. The van der Waals surface area contributed by atoms with E-state index >= 15 is 0 Å². The summed E-state index contributed by atoms with van der Waals surface area (Å²) < 4.78 is 0. The number of rotatable bonds is 4. The van der Waals surface area contributed by atoms with Crippen molar-refractivity contribution in [2.45, 2.75) is 19.5 Å². The number of aromatic amines is 1. The van der Waals surface area contributed by atoms with E-state index in [1.54, 1.807) is 6.20 Å². The van der Waals surface area contributed by atoms with Crippen molar-refractivity contribution in [2.75, 3.05) is 0 Å². The highest BCUT2D eigenvalue weighted by molar-refractivity contribution is 6.31. The van der Waals surface area contributed by atoms with Crippen LogP contribution >= 0.6 is 11.6 Å². The Morgan fingerprint density at radius 1 is 1.38 bits per heavy atom. The van der Waals surface area contributed by atoms with Gasteiger partial charge < -0.3 is 5.32 Å². The number of halogens is 1. The Morgan fingerprint density at radius 3 is 2.88 bits per heavy atom. The van der Waals surface area contributed by atoms with Gasteiger partial charge in [-0.2, -0.15) is 5.10 Å². The van der Waals surface area contributed by atoms with E-state index in [4.69, 9.17) is 11.6 Å². The van der Waals surface area contributed by atoms with Gasteiger partial charge in [0.1, 0.15) is 0 Å². The molecule has 2 aromatic rings. The molecule has 0 saturated carbocycles. The minimum Gasteiger partial charge on any atom is -0.305 e. The van der Waals surface area contributed by atoms with Gasteiger partial charge in [-0.05, 0) is 24.6 Å². The fourth-order valence-corrected chi connectivity index (χ4v) is 1.88. The van der Waals surface area contributed by atoms with Gasteiger partial charge in [0.05, 0.1) is 0 Å². The molecule has 1 atom stereocenters. The van der Waals surface area contributed by atoms with E-state index < -0.39 is 0 Å². The minimum absolute atomic E-state index is 0.219. The lowest BCUT2D eigenvalue weighted by Crippen LogP contribution is -2.18. The van der Waals surface area contributed by atoms with E-state index in [0.717, 1.165) is 22.8 Å². The Kier molecular flexibility index (Phi) is 3.59. The van der Waals surface area contributed by atoms with E-state index in [-0.39, 0.29) is 6.04 Å². The van der Waals surface area contributed by atoms with E-state index in [1.807, 2.05) is 30.3 Å². The number of nitrogens with zero attached hydrogens (tertiary/aromatic N) is 1. The van der Waals surface area contributed by atoms with Gasteiger partial charge in [0.25, 0.3) is 0 Å². The van der Waals surface area contributed by atoms with Crippen LogP contribution < -0.4 is 5.32 Å². The Morgan fingerprint density at radius 2 is 2.19 bits per heavy atom. The maximum absolute atomic E-state index is 6.12. The SMILES string of the molecule is C[C@H](NCc1ccn[nH]1)c1ccccc1Cl. The zero-order valence-electron chi connectivity index (χ0n) is 9.07. The molecule has 4 heteroatoms. The van der Waals surface area contributed by atoms with Gasteiger partial charge in [-0.15, -0.1) is 0 Å². The predicted molar refractivity (Wildman–Crippen MR) is 65.3 cm³/mol. The summed E-state index contributed by atoms with van der Waals surface area (Å²) in [5.74, 6) is 0. The van der Waals surface area contributed by atoms with Crippen LogP contribution in [0.2, 0.25) is 5.02 Å². The molecule has 0 spiro atoms. The molecule has 0 bridgehead atoms. The third kappa shape index (κ3) is 2.62. The van der Waals surface area contributed by atoms with Crippen LogP contribution in [0, 0.1) is 0 Å². The van der Waals surface area contributed by atoms with Crippen LogP contribution in [0.5, 0.6) is 0 Å². The van der Waals surface area contributed by atoms with Gasteiger partial charge in [-0.3, -0.25) is 5.10 Å². The summed E-state index contributed by atoms with van der Waals surface area (Å²) in [4.78, 5) is 0. The number of hydrogen-bond donors (Lipinski definition) is 2. The van der Waals surface area contributed by atoms with Crippen molar-refractivity contribution in [1.82, 2.24) is 15.5 Å². The second-order valence-corrected chi connectivity index (χ2v) is 4.11. The van der Waals surface area contributed by atoms with Crippen molar-refractivity contribution in [3.63, 3.8) is 0 Å². The molecule has 0 aliphatic heterocycles. The Balaban J connectivity index is 1.98. The number of H-pyrrole nitrogens is 1. The molecule has 84 valence electrons. The lowest BCUT2D eigenvalue weighted by Gasteiger charge is -2.14. The van der Waals surface area contributed by atoms with E-state index in [1.165, 1.54) is 0 Å².